The van der Waals surface area contributed by atoms with Gasteiger partial charge >= 0.3 is 6.18 Å². The van der Waals surface area contributed by atoms with Crippen LogP contribution in [0.1, 0.15) is 24.2 Å². The molecule has 0 radical (unpaired) electrons. The fraction of sp³-hybridized carbons (Fsp3) is 0.250. The van der Waals surface area contributed by atoms with Crippen LogP contribution in [-0.4, -0.2) is 14.9 Å². The summed E-state index contributed by atoms with van der Waals surface area (Å²) in [5.41, 5.74) is 0.331. The molecule has 0 aliphatic heterocycles. The predicted molar refractivity (Wildman–Crippen MR) is 66.9 cm³/mol. The van der Waals surface area contributed by atoms with Crippen molar-refractivity contribution in [3.05, 3.63) is 46.2 Å². The van der Waals surface area contributed by atoms with E-state index in [9.17, 15) is 18.3 Å². The van der Waals surface area contributed by atoms with Gasteiger partial charge in [-0.2, -0.15) is 18.3 Å². The Balaban J connectivity index is 2.40. The molecule has 0 aliphatic carbocycles. The van der Waals surface area contributed by atoms with Gasteiger partial charge in [0.05, 0.1) is 23.6 Å². The van der Waals surface area contributed by atoms with E-state index in [4.69, 9.17) is 0 Å². The molecule has 19 heavy (non-hydrogen) atoms. The average Bonchev–Trinajstić information content (AvgIpc) is 2.77. The maximum Gasteiger partial charge on any atom is 0.419 e. The standard InChI is InChI=1S/C12H10BrF3N2O/c1-7(19)8-2-3-11(10(13)4-8)18-6-9(5-17-18)12(14,15)16/h2-7,19H,1H3/t7-/m1/s1. The number of benzene rings is 1. The molecule has 1 atom stereocenters. The summed E-state index contributed by atoms with van der Waals surface area (Å²) in [7, 11) is 0. The Hall–Kier alpha value is -1.34. The van der Waals surface area contributed by atoms with Crippen molar-refractivity contribution in [2.24, 2.45) is 0 Å². The molecule has 3 nitrogen and oxygen atoms in total. The number of aromatic nitrogens is 2. The molecular weight excluding hydrogens is 325 g/mol. The van der Waals surface area contributed by atoms with Crippen LogP contribution in [0.5, 0.6) is 0 Å². The van der Waals surface area contributed by atoms with Crippen LogP contribution in [0.15, 0.2) is 35.1 Å². The number of hydrogen-bond donors (Lipinski definition) is 1. The maximum absolute atomic E-state index is 12.5. The van der Waals surface area contributed by atoms with Gasteiger partial charge in [-0.25, -0.2) is 4.68 Å². The summed E-state index contributed by atoms with van der Waals surface area (Å²) >= 11 is 3.26. The number of aliphatic hydroxyl groups is 1. The summed E-state index contributed by atoms with van der Waals surface area (Å²) < 4.78 is 39.2. The molecule has 0 amide bonds. The van der Waals surface area contributed by atoms with Gasteiger partial charge in [-0.05, 0) is 40.5 Å². The van der Waals surface area contributed by atoms with E-state index in [1.807, 2.05) is 0 Å². The molecule has 1 aromatic heterocycles. The molecule has 102 valence electrons. The van der Waals surface area contributed by atoms with Gasteiger partial charge in [-0.1, -0.05) is 6.07 Å². The van der Waals surface area contributed by atoms with E-state index >= 15 is 0 Å². The van der Waals surface area contributed by atoms with Gasteiger partial charge in [0.15, 0.2) is 0 Å². The van der Waals surface area contributed by atoms with Crippen molar-refractivity contribution in [2.75, 3.05) is 0 Å². The van der Waals surface area contributed by atoms with Crippen LogP contribution in [0.2, 0.25) is 0 Å². The van der Waals surface area contributed by atoms with E-state index in [0.717, 1.165) is 17.1 Å². The molecule has 0 bridgehead atoms. The van der Waals surface area contributed by atoms with Crippen LogP contribution < -0.4 is 0 Å². The molecule has 0 fully saturated rings. The average molecular weight is 335 g/mol. The number of aliphatic hydroxyl groups excluding tert-OH is 1. The van der Waals surface area contributed by atoms with Crippen molar-refractivity contribution in [3.8, 4) is 5.69 Å². The van der Waals surface area contributed by atoms with Crippen LogP contribution in [0, 0.1) is 0 Å². The normalized spacial score (nSPS) is 13.6. The molecule has 0 aliphatic rings. The molecule has 7 heteroatoms. The van der Waals surface area contributed by atoms with E-state index in [1.54, 1.807) is 25.1 Å². The number of alkyl halides is 3. The van der Waals surface area contributed by atoms with Crippen molar-refractivity contribution >= 4 is 15.9 Å². The molecule has 0 spiro atoms. The van der Waals surface area contributed by atoms with Crippen LogP contribution in [0.25, 0.3) is 5.69 Å². The molecule has 2 rings (SSSR count). The molecule has 1 aromatic carbocycles. The van der Waals surface area contributed by atoms with Crippen molar-refractivity contribution in [2.45, 2.75) is 19.2 Å². The van der Waals surface area contributed by atoms with Crippen molar-refractivity contribution in [1.29, 1.82) is 0 Å². The summed E-state index contributed by atoms with van der Waals surface area (Å²) in [6.45, 7) is 1.61. The van der Waals surface area contributed by atoms with Gasteiger partial charge in [0.1, 0.15) is 0 Å². The number of hydrogen-bond acceptors (Lipinski definition) is 2. The van der Waals surface area contributed by atoms with Gasteiger partial charge in [-0.3, -0.25) is 0 Å². The van der Waals surface area contributed by atoms with Crippen molar-refractivity contribution < 1.29 is 18.3 Å². The first-order chi connectivity index (χ1) is 8.79. The van der Waals surface area contributed by atoms with Crippen LogP contribution >= 0.6 is 15.9 Å². The topological polar surface area (TPSA) is 38.0 Å². The minimum Gasteiger partial charge on any atom is -0.389 e. The number of nitrogens with zero attached hydrogens (tertiary/aromatic N) is 2. The minimum atomic E-state index is -4.41. The third-order valence-corrected chi connectivity index (χ3v) is 3.25. The Morgan fingerprint density at radius 3 is 2.53 bits per heavy atom. The monoisotopic (exact) mass is 334 g/mol. The summed E-state index contributed by atoms with van der Waals surface area (Å²) in [5.74, 6) is 0. The van der Waals surface area contributed by atoms with Gasteiger partial charge in [0, 0.05) is 10.7 Å². The fourth-order valence-electron chi connectivity index (χ4n) is 1.57. The van der Waals surface area contributed by atoms with Gasteiger partial charge < -0.3 is 5.11 Å². The summed E-state index contributed by atoms with van der Waals surface area (Å²) in [5, 5.41) is 13.1. The SMILES string of the molecule is C[C@@H](O)c1ccc(-n2cc(C(F)(F)F)cn2)c(Br)c1. The second-order valence-corrected chi connectivity index (χ2v) is 4.91. The Bertz CT molecular complexity index is 593. The second-order valence-electron chi connectivity index (χ2n) is 4.06. The smallest absolute Gasteiger partial charge is 0.389 e. The van der Waals surface area contributed by atoms with Crippen LogP contribution in [0.3, 0.4) is 0 Å². The van der Waals surface area contributed by atoms with E-state index in [1.165, 1.54) is 0 Å². The highest BCUT2D eigenvalue weighted by Crippen LogP contribution is 2.31. The van der Waals surface area contributed by atoms with E-state index in [2.05, 4.69) is 21.0 Å². The summed E-state index contributed by atoms with van der Waals surface area (Å²) in [4.78, 5) is 0. The maximum atomic E-state index is 12.5. The molecule has 0 saturated carbocycles. The Kier molecular flexibility index (Phi) is 3.69. The molecular formula is C12H10BrF3N2O. The number of rotatable bonds is 2. The molecule has 0 saturated heterocycles. The van der Waals surface area contributed by atoms with Gasteiger partial charge in [0.2, 0.25) is 0 Å². The molecule has 1 N–H and O–H groups in total. The molecule has 2 aromatic rings. The lowest BCUT2D eigenvalue weighted by atomic mass is 10.1. The minimum absolute atomic E-state index is 0.472. The predicted octanol–water partition coefficient (Wildman–Crippen LogP) is 3.71. The first-order valence-corrected chi connectivity index (χ1v) is 6.18. The summed E-state index contributed by atoms with van der Waals surface area (Å²) in [6.07, 6.45) is -3.37. The zero-order valence-corrected chi connectivity index (χ0v) is 11.4. The summed E-state index contributed by atoms with van der Waals surface area (Å²) in [6, 6.07) is 4.88. The van der Waals surface area contributed by atoms with Gasteiger partial charge in [-0.15, -0.1) is 0 Å². The van der Waals surface area contributed by atoms with Crippen LogP contribution in [0.4, 0.5) is 13.2 Å². The van der Waals surface area contributed by atoms with E-state index in [0.29, 0.717) is 15.7 Å². The third kappa shape index (κ3) is 2.98. The van der Waals surface area contributed by atoms with Crippen LogP contribution in [-0.2, 0) is 6.18 Å². The van der Waals surface area contributed by atoms with E-state index in [-0.39, 0.29) is 0 Å². The zero-order valence-electron chi connectivity index (χ0n) is 9.82. The van der Waals surface area contributed by atoms with Crippen molar-refractivity contribution in [1.82, 2.24) is 9.78 Å². The first-order valence-electron chi connectivity index (χ1n) is 5.39. The first kappa shape index (κ1) is 14.1. The second kappa shape index (κ2) is 4.97. The lowest BCUT2D eigenvalue weighted by Gasteiger charge is -2.09. The highest BCUT2D eigenvalue weighted by Gasteiger charge is 2.32. The Morgan fingerprint density at radius 1 is 1.37 bits per heavy atom. The van der Waals surface area contributed by atoms with Crippen molar-refractivity contribution in [3.63, 3.8) is 0 Å². The molecule has 1 heterocycles. The molecule has 0 unspecified atom stereocenters. The Morgan fingerprint density at radius 2 is 2.05 bits per heavy atom. The van der Waals surface area contributed by atoms with E-state index < -0.39 is 17.8 Å². The lowest BCUT2D eigenvalue weighted by molar-refractivity contribution is -0.137. The fourth-order valence-corrected chi connectivity index (χ4v) is 2.15. The highest BCUT2D eigenvalue weighted by atomic mass is 79.9. The Labute approximate surface area is 115 Å². The largest absolute Gasteiger partial charge is 0.419 e. The quantitative estimate of drug-likeness (QED) is 0.909. The van der Waals surface area contributed by atoms with Gasteiger partial charge in [0.25, 0.3) is 0 Å². The highest BCUT2D eigenvalue weighted by molar-refractivity contribution is 9.10. The zero-order chi connectivity index (χ0) is 14.2. The lowest BCUT2D eigenvalue weighted by Crippen LogP contribution is -2.03. The third-order valence-electron chi connectivity index (χ3n) is 2.61. The number of halogens is 4.